The summed E-state index contributed by atoms with van der Waals surface area (Å²) in [4.78, 5) is 11.3. The number of rotatable bonds is 8. The summed E-state index contributed by atoms with van der Waals surface area (Å²) < 4.78 is 73.0. The van der Waals surface area contributed by atoms with Gasteiger partial charge in [-0.25, -0.2) is 26.0 Å². The highest BCUT2D eigenvalue weighted by Crippen LogP contribution is 2.50. The van der Waals surface area contributed by atoms with Crippen molar-refractivity contribution >= 4 is 25.6 Å². The van der Waals surface area contributed by atoms with Crippen molar-refractivity contribution < 1.29 is 30.8 Å². The normalized spacial score (nSPS) is 13.2. The lowest BCUT2D eigenvalue weighted by atomic mass is 9.92. The van der Waals surface area contributed by atoms with Crippen LogP contribution in [0, 0.1) is 0 Å². The van der Waals surface area contributed by atoms with Crippen molar-refractivity contribution in [3.8, 4) is 0 Å². The van der Waals surface area contributed by atoms with E-state index in [2.05, 4.69) is 11.3 Å². The zero-order valence-corrected chi connectivity index (χ0v) is 19.2. The van der Waals surface area contributed by atoms with Crippen LogP contribution < -0.4 is 0 Å². The summed E-state index contributed by atoms with van der Waals surface area (Å²) in [6.45, 7) is 3.54. The Bertz CT molecular complexity index is 1280. The molecule has 0 amide bonds. The average molecular weight is 489 g/mol. The molecule has 3 aromatic carbocycles. The van der Waals surface area contributed by atoms with E-state index in [1.807, 2.05) is 0 Å². The molecule has 3 rings (SSSR count). The van der Waals surface area contributed by atoms with E-state index in [9.17, 15) is 21.6 Å². The van der Waals surface area contributed by atoms with Gasteiger partial charge in [0.2, 0.25) is 19.7 Å². The summed E-state index contributed by atoms with van der Waals surface area (Å²) in [5.74, 6) is -3.26. The summed E-state index contributed by atoms with van der Waals surface area (Å²) in [5, 5.41) is 0. The van der Waals surface area contributed by atoms with E-state index >= 15 is 4.39 Å². The molecule has 172 valence electrons. The van der Waals surface area contributed by atoms with Crippen molar-refractivity contribution in [1.82, 2.24) is 0 Å². The quantitative estimate of drug-likeness (QED) is 0.350. The van der Waals surface area contributed by atoms with E-state index in [4.69, 9.17) is 0 Å². The number of carbonyl (C=O) groups is 1. The Morgan fingerprint density at radius 2 is 1.15 bits per heavy atom. The van der Waals surface area contributed by atoms with Crippen LogP contribution in [0.1, 0.15) is 11.5 Å². The number of esters is 1. The van der Waals surface area contributed by atoms with Crippen LogP contribution in [-0.2, 0) is 29.2 Å². The van der Waals surface area contributed by atoms with Gasteiger partial charge in [-0.2, -0.15) is 0 Å². The van der Waals surface area contributed by atoms with Crippen LogP contribution in [0.3, 0.4) is 0 Å². The highest BCUT2D eigenvalue weighted by molar-refractivity contribution is 8.10. The molecule has 1 atom stereocenters. The van der Waals surface area contributed by atoms with Gasteiger partial charge in [0, 0.05) is 5.57 Å². The Morgan fingerprint density at radius 1 is 0.788 bits per heavy atom. The lowest BCUT2D eigenvalue weighted by molar-refractivity contribution is -0.136. The third kappa shape index (κ3) is 4.09. The largest absolute Gasteiger partial charge is 0.466 e. The predicted octanol–water partition coefficient (Wildman–Crippen LogP) is 4.07. The standard InChI is InChI=1S/C24H21FO6S2/c1-18(23(26)31-2)22(19-12-6-3-7-13-19)24(25,32(27,28)20-14-8-4-9-15-20)33(29,30)21-16-10-5-11-17-21/h3-17,22H,1H2,2H3/t22-/m0/s1. The van der Waals surface area contributed by atoms with Crippen molar-refractivity contribution in [3.63, 3.8) is 0 Å². The average Bonchev–Trinajstić information content (AvgIpc) is 2.85. The first-order chi connectivity index (χ1) is 15.6. The van der Waals surface area contributed by atoms with Gasteiger partial charge >= 0.3 is 10.3 Å². The van der Waals surface area contributed by atoms with E-state index < -0.39 is 51.3 Å². The van der Waals surface area contributed by atoms with Crippen LogP contribution in [0.4, 0.5) is 4.39 Å². The number of methoxy groups -OCH3 is 1. The number of halogens is 1. The molecule has 0 spiro atoms. The first kappa shape index (κ1) is 24.3. The van der Waals surface area contributed by atoms with Gasteiger partial charge < -0.3 is 4.74 Å². The Kier molecular flexibility index (Phi) is 6.85. The van der Waals surface area contributed by atoms with Gasteiger partial charge in [-0.1, -0.05) is 73.3 Å². The summed E-state index contributed by atoms with van der Waals surface area (Å²) in [7, 11) is -9.52. The molecule has 9 heteroatoms. The van der Waals surface area contributed by atoms with E-state index in [-0.39, 0.29) is 5.56 Å². The van der Waals surface area contributed by atoms with Gasteiger partial charge in [-0.15, -0.1) is 0 Å². The fourth-order valence-corrected chi connectivity index (χ4v) is 8.06. The Balaban J connectivity index is 2.46. The molecule has 0 unspecified atom stereocenters. The fourth-order valence-electron chi connectivity index (χ4n) is 3.48. The summed E-state index contributed by atoms with van der Waals surface area (Å²) in [5.41, 5.74) is -0.736. The highest BCUT2D eigenvalue weighted by Gasteiger charge is 2.64. The van der Waals surface area contributed by atoms with Crippen LogP contribution in [-0.4, -0.2) is 34.2 Å². The van der Waals surface area contributed by atoms with Gasteiger partial charge in [0.1, 0.15) is 0 Å². The molecular weight excluding hydrogens is 467 g/mol. The van der Waals surface area contributed by atoms with Crippen LogP contribution >= 0.6 is 0 Å². The van der Waals surface area contributed by atoms with Crippen LogP contribution in [0.2, 0.25) is 0 Å². The monoisotopic (exact) mass is 488 g/mol. The highest BCUT2D eigenvalue weighted by atomic mass is 32.3. The minimum Gasteiger partial charge on any atom is -0.466 e. The van der Waals surface area contributed by atoms with Gasteiger partial charge in [-0.05, 0) is 29.8 Å². The number of hydrogen-bond acceptors (Lipinski definition) is 6. The zero-order valence-electron chi connectivity index (χ0n) is 17.6. The second-order valence-electron chi connectivity index (χ2n) is 7.08. The van der Waals surface area contributed by atoms with Crippen molar-refractivity contribution in [2.75, 3.05) is 7.11 Å². The van der Waals surface area contributed by atoms with Gasteiger partial charge in [0.15, 0.2) is 0 Å². The lowest BCUT2D eigenvalue weighted by Gasteiger charge is -2.33. The summed E-state index contributed by atoms with van der Waals surface area (Å²) in [6, 6.07) is 19.9. The smallest absolute Gasteiger partial charge is 0.333 e. The molecule has 0 fully saturated rings. The number of ether oxygens (including phenoxy) is 1. The number of sulfone groups is 2. The third-order valence-corrected chi connectivity index (χ3v) is 10.2. The lowest BCUT2D eigenvalue weighted by Crippen LogP contribution is -2.48. The Morgan fingerprint density at radius 3 is 1.52 bits per heavy atom. The molecule has 0 aromatic heterocycles. The van der Waals surface area contributed by atoms with E-state index in [1.54, 1.807) is 6.07 Å². The van der Waals surface area contributed by atoms with Gasteiger partial charge in [0.05, 0.1) is 22.8 Å². The number of hydrogen-bond donors (Lipinski definition) is 0. The minimum atomic E-state index is -5.26. The molecule has 33 heavy (non-hydrogen) atoms. The molecule has 0 bridgehead atoms. The van der Waals surface area contributed by atoms with Crippen molar-refractivity contribution in [3.05, 3.63) is 109 Å². The maximum absolute atomic E-state index is 17.4. The van der Waals surface area contributed by atoms with E-state index in [1.165, 1.54) is 60.7 Å². The topological polar surface area (TPSA) is 94.6 Å². The molecular formula is C24H21FO6S2. The second-order valence-corrected chi connectivity index (χ2v) is 11.5. The number of carbonyl (C=O) groups excluding carboxylic acids is 1. The maximum atomic E-state index is 17.4. The summed E-state index contributed by atoms with van der Waals surface area (Å²) >= 11 is 0. The fraction of sp³-hybridized carbons (Fsp3) is 0.125. The molecule has 0 saturated carbocycles. The second kappa shape index (κ2) is 9.29. The molecule has 0 aliphatic carbocycles. The van der Waals surface area contributed by atoms with Gasteiger partial charge in [-0.3, -0.25) is 0 Å². The molecule has 0 N–H and O–H groups in total. The first-order valence-electron chi connectivity index (χ1n) is 9.69. The number of alkyl halides is 1. The molecule has 6 nitrogen and oxygen atoms in total. The number of benzene rings is 3. The van der Waals surface area contributed by atoms with E-state index in [0.717, 1.165) is 31.4 Å². The Hall–Kier alpha value is -3.30. The van der Waals surface area contributed by atoms with Crippen molar-refractivity contribution in [1.29, 1.82) is 0 Å². The molecule has 3 aromatic rings. The molecule has 0 aliphatic heterocycles. The maximum Gasteiger partial charge on any atom is 0.333 e. The molecule has 0 radical (unpaired) electrons. The third-order valence-electron chi connectivity index (χ3n) is 5.11. The predicted molar refractivity (Wildman–Crippen MR) is 121 cm³/mol. The van der Waals surface area contributed by atoms with Crippen LogP contribution in [0.5, 0.6) is 0 Å². The van der Waals surface area contributed by atoms with Crippen molar-refractivity contribution in [2.45, 2.75) is 20.0 Å². The first-order valence-corrected chi connectivity index (χ1v) is 12.7. The van der Waals surface area contributed by atoms with E-state index in [0.29, 0.717) is 0 Å². The van der Waals surface area contributed by atoms with Gasteiger partial charge in [0.25, 0.3) is 0 Å². The SMILES string of the molecule is C=C(C(=O)OC)[C@@H](c1ccccc1)C(F)(S(=O)(=O)c1ccccc1)S(=O)(=O)c1ccccc1. The van der Waals surface area contributed by atoms with Crippen LogP contribution in [0.25, 0.3) is 0 Å². The Labute approximate surface area is 192 Å². The zero-order chi connectivity index (χ0) is 24.3. The minimum absolute atomic E-state index is 0.0746. The molecule has 0 aliphatic rings. The molecule has 0 saturated heterocycles. The summed E-state index contributed by atoms with van der Waals surface area (Å²) in [6.07, 6.45) is 0. The van der Waals surface area contributed by atoms with Crippen LogP contribution in [0.15, 0.2) is 113 Å². The molecule has 0 heterocycles. The van der Waals surface area contributed by atoms with Crippen molar-refractivity contribution in [2.24, 2.45) is 0 Å².